The summed E-state index contributed by atoms with van der Waals surface area (Å²) in [4.78, 5) is 24.2. The molecule has 1 aromatic heterocycles. The molecule has 0 saturated heterocycles. The first-order valence-electron chi connectivity index (χ1n) is 8.90. The van der Waals surface area contributed by atoms with Crippen LogP contribution in [0.5, 0.6) is 5.75 Å². The number of carbonyl (C=O) groups is 2. The Morgan fingerprint density at radius 1 is 1.07 bits per heavy atom. The smallest absolute Gasteiger partial charge is 0.290 e. The van der Waals surface area contributed by atoms with Crippen molar-refractivity contribution in [1.29, 1.82) is 0 Å². The summed E-state index contributed by atoms with van der Waals surface area (Å²) in [7, 11) is 0. The van der Waals surface area contributed by atoms with E-state index in [4.69, 9.17) is 9.26 Å². The largest absolute Gasteiger partial charge is 0.494 e. The van der Waals surface area contributed by atoms with Gasteiger partial charge in [-0.15, -0.1) is 0 Å². The van der Waals surface area contributed by atoms with E-state index < -0.39 is 5.91 Å². The highest BCUT2D eigenvalue weighted by atomic mass is 16.5. The number of hydrogen-bond acceptors (Lipinski definition) is 5. The van der Waals surface area contributed by atoms with Gasteiger partial charge in [0.15, 0.2) is 0 Å². The van der Waals surface area contributed by atoms with Crippen molar-refractivity contribution in [2.24, 2.45) is 0 Å². The summed E-state index contributed by atoms with van der Waals surface area (Å²) >= 11 is 0. The van der Waals surface area contributed by atoms with E-state index in [-0.39, 0.29) is 18.2 Å². The van der Waals surface area contributed by atoms with Crippen LogP contribution in [-0.4, -0.2) is 30.1 Å². The number of aryl methyl sites for hydroxylation is 1. The lowest BCUT2D eigenvalue weighted by atomic mass is 10.1. The maximum atomic E-state index is 12.2. The molecule has 1 heterocycles. The summed E-state index contributed by atoms with van der Waals surface area (Å²) in [6.45, 7) is 4.28. The number of benzene rings is 2. The fourth-order valence-electron chi connectivity index (χ4n) is 2.50. The molecule has 28 heavy (non-hydrogen) atoms. The highest BCUT2D eigenvalue weighted by Crippen LogP contribution is 2.19. The van der Waals surface area contributed by atoms with Crippen molar-refractivity contribution in [2.75, 3.05) is 18.5 Å². The van der Waals surface area contributed by atoms with Crippen LogP contribution < -0.4 is 15.4 Å². The topological polar surface area (TPSA) is 93.5 Å². The standard InChI is InChI=1S/C21H21N3O4/c1-3-27-17-10-8-16(9-11-17)23-20(25)13-22-21(26)19-12-18(24-28-19)15-6-4-14(2)5-7-15/h4-12H,3,13H2,1-2H3,(H,22,26)(H,23,25). The lowest BCUT2D eigenvalue weighted by Crippen LogP contribution is -2.32. The van der Waals surface area contributed by atoms with E-state index in [1.807, 2.05) is 38.1 Å². The number of nitrogens with one attached hydrogen (secondary N) is 2. The van der Waals surface area contributed by atoms with Gasteiger partial charge in [0.1, 0.15) is 11.4 Å². The van der Waals surface area contributed by atoms with Crippen molar-refractivity contribution < 1.29 is 18.8 Å². The van der Waals surface area contributed by atoms with Crippen LogP contribution in [0.2, 0.25) is 0 Å². The molecule has 0 aliphatic rings. The number of nitrogens with zero attached hydrogens (tertiary/aromatic N) is 1. The first kappa shape index (κ1) is 19.2. The Morgan fingerprint density at radius 3 is 2.46 bits per heavy atom. The quantitative estimate of drug-likeness (QED) is 0.656. The Morgan fingerprint density at radius 2 is 1.79 bits per heavy atom. The SMILES string of the molecule is CCOc1ccc(NC(=O)CNC(=O)c2cc(-c3ccc(C)cc3)no2)cc1. The maximum Gasteiger partial charge on any atom is 0.290 e. The molecule has 0 bridgehead atoms. The predicted molar refractivity (Wildman–Crippen MR) is 105 cm³/mol. The van der Waals surface area contributed by atoms with Crippen LogP contribution in [0.4, 0.5) is 5.69 Å². The fourth-order valence-corrected chi connectivity index (χ4v) is 2.50. The Labute approximate surface area is 162 Å². The van der Waals surface area contributed by atoms with Gasteiger partial charge in [0, 0.05) is 17.3 Å². The second-order valence-corrected chi connectivity index (χ2v) is 6.13. The maximum absolute atomic E-state index is 12.2. The molecule has 7 nitrogen and oxygen atoms in total. The van der Waals surface area contributed by atoms with Crippen LogP contribution in [0, 0.1) is 6.92 Å². The highest BCUT2D eigenvalue weighted by molar-refractivity contribution is 5.98. The van der Waals surface area contributed by atoms with Crippen molar-refractivity contribution >= 4 is 17.5 Å². The van der Waals surface area contributed by atoms with Crippen molar-refractivity contribution in [3.05, 3.63) is 65.9 Å². The monoisotopic (exact) mass is 379 g/mol. The lowest BCUT2D eigenvalue weighted by molar-refractivity contribution is -0.115. The number of amides is 2. The lowest BCUT2D eigenvalue weighted by Gasteiger charge is -2.07. The molecular weight excluding hydrogens is 358 g/mol. The van der Waals surface area contributed by atoms with Crippen LogP contribution in [0.15, 0.2) is 59.1 Å². The van der Waals surface area contributed by atoms with E-state index in [2.05, 4.69) is 15.8 Å². The third-order valence-electron chi connectivity index (χ3n) is 3.94. The molecule has 0 radical (unpaired) electrons. The molecule has 0 saturated carbocycles. The molecule has 3 aromatic rings. The number of hydrogen-bond donors (Lipinski definition) is 2. The summed E-state index contributed by atoms with van der Waals surface area (Å²) in [5, 5.41) is 9.12. The molecule has 0 aliphatic heterocycles. The summed E-state index contributed by atoms with van der Waals surface area (Å²) < 4.78 is 10.4. The summed E-state index contributed by atoms with van der Waals surface area (Å²) in [5.74, 6) is -0.0866. The third kappa shape index (κ3) is 4.97. The molecule has 2 N–H and O–H groups in total. The van der Waals surface area contributed by atoms with E-state index in [1.165, 1.54) is 0 Å². The highest BCUT2D eigenvalue weighted by Gasteiger charge is 2.15. The Bertz CT molecular complexity index is 947. The third-order valence-corrected chi connectivity index (χ3v) is 3.94. The summed E-state index contributed by atoms with van der Waals surface area (Å²) in [6, 6.07) is 16.2. The average Bonchev–Trinajstić information content (AvgIpc) is 3.19. The van der Waals surface area contributed by atoms with Crippen LogP contribution in [0.1, 0.15) is 23.0 Å². The minimum absolute atomic E-state index is 0.0458. The van der Waals surface area contributed by atoms with Gasteiger partial charge in [-0.25, -0.2) is 0 Å². The van der Waals surface area contributed by atoms with Crippen molar-refractivity contribution in [3.63, 3.8) is 0 Å². The van der Waals surface area contributed by atoms with Crippen LogP contribution in [0.25, 0.3) is 11.3 Å². The van der Waals surface area contributed by atoms with Crippen molar-refractivity contribution in [1.82, 2.24) is 10.5 Å². The second-order valence-electron chi connectivity index (χ2n) is 6.13. The van der Waals surface area contributed by atoms with Gasteiger partial charge in [0.05, 0.1) is 13.2 Å². The molecule has 2 amide bonds. The van der Waals surface area contributed by atoms with Gasteiger partial charge in [0.25, 0.3) is 5.91 Å². The normalized spacial score (nSPS) is 10.4. The Hall–Kier alpha value is -3.61. The van der Waals surface area contributed by atoms with E-state index in [0.717, 1.165) is 16.9 Å². The minimum Gasteiger partial charge on any atom is -0.494 e. The van der Waals surface area contributed by atoms with E-state index in [9.17, 15) is 9.59 Å². The number of ether oxygens (including phenoxy) is 1. The number of rotatable bonds is 7. The first-order valence-corrected chi connectivity index (χ1v) is 8.90. The number of anilines is 1. The van der Waals surface area contributed by atoms with Crippen molar-refractivity contribution in [3.8, 4) is 17.0 Å². The fraction of sp³-hybridized carbons (Fsp3) is 0.190. The molecule has 0 aliphatic carbocycles. The molecule has 0 spiro atoms. The zero-order valence-corrected chi connectivity index (χ0v) is 15.7. The number of aromatic nitrogens is 1. The average molecular weight is 379 g/mol. The van der Waals surface area contributed by atoms with E-state index in [0.29, 0.717) is 18.0 Å². The van der Waals surface area contributed by atoms with E-state index in [1.54, 1.807) is 30.3 Å². The van der Waals surface area contributed by atoms with Gasteiger partial charge in [-0.2, -0.15) is 0 Å². The van der Waals surface area contributed by atoms with Gasteiger partial charge >= 0.3 is 0 Å². The molecule has 2 aromatic carbocycles. The molecule has 0 fully saturated rings. The van der Waals surface area contributed by atoms with Crippen LogP contribution in [0.3, 0.4) is 0 Å². The van der Waals surface area contributed by atoms with Crippen LogP contribution in [-0.2, 0) is 4.79 Å². The Kier molecular flexibility index (Phi) is 6.06. The summed E-state index contributed by atoms with van der Waals surface area (Å²) in [5.41, 5.74) is 3.15. The summed E-state index contributed by atoms with van der Waals surface area (Å²) in [6.07, 6.45) is 0. The molecule has 7 heteroatoms. The van der Waals surface area contributed by atoms with Gasteiger partial charge in [-0.3, -0.25) is 9.59 Å². The zero-order chi connectivity index (χ0) is 19.9. The van der Waals surface area contributed by atoms with Crippen LogP contribution >= 0.6 is 0 Å². The van der Waals surface area contributed by atoms with Gasteiger partial charge in [-0.05, 0) is 38.1 Å². The van der Waals surface area contributed by atoms with Gasteiger partial charge < -0.3 is 19.9 Å². The molecule has 0 unspecified atom stereocenters. The molecule has 0 atom stereocenters. The van der Waals surface area contributed by atoms with Gasteiger partial charge in [-0.1, -0.05) is 35.0 Å². The molecule has 3 rings (SSSR count). The molecular formula is C21H21N3O4. The Balaban J connectivity index is 1.52. The van der Waals surface area contributed by atoms with Crippen molar-refractivity contribution in [2.45, 2.75) is 13.8 Å². The molecule has 144 valence electrons. The second kappa shape index (κ2) is 8.85. The number of carbonyl (C=O) groups excluding carboxylic acids is 2. The zero-order valence-electron chi connectivity index (χ0n) is 15.7. The minimum atomic E-state index is -0.507. The van der Waals surface area contributed by atoms with E-state index >= 15 is 0 Å². The first-order chi connectivity index (χ1) is 13.5. The predicted octanol–water partition coefficient (Wildman–Crippen LogP) is 3.42. The van der Waals surface area contributed by atoms with Gasteiger partial charge in [0.2, 0.25) is 11.7 Å².